The molecule has 1 fully saturated rings. The fourth-order valence-corrected chi connectivity index (χ4v) is 4.19. The summed E-state index contributed by atoms with van der Waals surface area (Å²) in [6.07, 6.45) is 0.408. The van der Waals surface area contributed by atoms with Crippen LogP contribution in [0.4, 0.5) is 11.4 Å². The molecule has 28 heavy (non-hydrogen) atoms. The number of ether oxygens (including phenoxy) is 1. The first-order chi connectivity index (χ1) is 13.4. The van der Waals surface area contributed by atoms with Gasteiger partial charge >= 0.3 is 0 Å². The minimum absolute atomic E-state index is 0.0151. The van der Waals surface area contributed by atoms with E-state index in [-0.39, 0.29) is 18.1 Å². The normalized spacial score (nSPS) is 26.0. The van der Waals surface area contributed by atoms with Crippen LogP contribution >= 0.6 is 0 Å². The van der Waals surface area contributed by atoms with Gasteiger partial charge in [0.15, 0.2) is 6.67 Å². The topological polar surface area (TPSA) is 46.3 Å². The monoisotopic (exact) mass is 378 g/mol. The summed E-state index contributed by atoms with van der Waals surface area (Å²) >= 11 is 0. The van der Waals surface area contributed by atoms with E-state index in [2.05, 4.69) is 33.8 Å². The fraction of sp³-hybridized carbons (Fsp3) is 0.391. The Morgan fingerprint density at radius 1 is 1.07 bits per heavy atom. The Kier molecular flexibility index (Phi) is 5.04. The number of hydrogen-bond donors (Lipinski definition) is 1. The number of para-hydroxylation sites is 1. The summed E-state index contributed by atoms with van der Waals surface area (Å²) in [6.45, 7) is 10.8. The van der Waals surface area contributed by atoms with Gasteiger partial charge in [0.05, 0.1) is 11.4 Å². The average molecular weight is 378 g/mol. The molecule has 0 bridgehead atoms. The Bertz CT molecular complexity index is 927. The Morgan fingerprint density at radius 2 is 1.79 bits per heavy atom. The Balaban J connectivity index is 1.66. The number of nitrogens with zero attached hydrogens (tertiary/aromatic N) is 2. The molecule has 2 atom stereocenters. The lowest BCUT2D eigenvalue weighted by Gasteiger charge is -2.34. The van der Waals surface area contributed by atoms with Crippen molar-refractivity contribution in [2.24, 2.45) is 4.99 Å². The highest BCUT2D eigenvalue weighted by molar-refractivity contribution is 6.54. The van der Waals surface area contributed by atoms with Crippen molar-refractivity contribution in [3.8, 4) is 0 Å². The predicted octanol–water partition coefficient (Wildman–Crippen LogP) is 2.42. The molecule has 146 valence electrons. The van der Waals surface area contributed by atoms with Gasteiger partial charge in [0.25, 0.3) is 5.91 Å². The number of quaternary nitrogens is 1. The van der Waals surface area contributed by atoms with Crippen molar-refractivity contribution in [3.05, 3.63) is 59.2 Å². The van der Waals surface area contributed by atoms with Crippen LogP contribution in [0.1, 0.15) is 30.5 Å². The van der Waals surface area contributed by atoms with Gasteiger partial charge in [0.2, 0.25) is 0 Å². The lowest BCUT2D eigenvalue weighted by molar-refractivity contribution is -0.913. The Morgan fingerprint density at radius 3 is 2.50 bits per heavy atom. The summed E-state index contributed by atoms with van der Waals surface area (Å²) in [7, 11) is 0. The number of amides is 1. The number of hydrogen-bond acceptors (Lipinski definition) is 3. The molecule has 2 aromatic rings. The highest BCUT2D eigenvalue weighted by atomic mass is 16.5. The highest BCUT2D eigenvalue weighted by Gasteiger charge is 2.37. The second-order valence-corrected chi connectivity index (χ2v) is 8.05. The number of carbonyl (C=O) groups is 1. The standard InChI is InChI=1S/C23H27N3O2/c1-15-9-10-19(11-16(15)2)24-22-20-7-5-6-8-21(20)26(23(22)27)14-25-12-17(3)28-18(4)13-25/h5-11,17-18H,12-14H2,1-4H3/p+1/t17-,18-/m0/s1. The zero-order valence-electron chi connectivity index (χ0n) is 17.0. The molecule has 1 saturated heterocycles. The number of nitrogens with one attached hydrogen (secondary N) is 1. The van der Waals surface area contributed by atoms with Crippen molar-refractivity contribution in [1.82, 2.24) is 0 Å². The summed E-state index contributed by atoms with van der Waals surface area (Å²) < 4.78 is 5.85. The largest absolute Gasteiger partial charge is 0.364 e. The average Bonchev–Trinajstić information content (AvgIpc) is 2.90. The molecular formula is C23H28N3O2+. The summed E-state index contributed by atoms with van der Waals surface area (Å²) in [5.41, 5.74) is 5.63. The van der Waals surface area contributed by atoms with Crippen molar-refractivity contribution in [2.45, 2.75) is 39.9 Å². The molecular weight excluding hydrogens is 350 g/mol. The number of anilines is 1. The van der Waals surface area contributed by atoms with Gasteiger partial charge in [-0.05, 0) is 57.0 Å². The number of carbonyl (C=O) groups excluding carboxylic acids is 1. The molecule has 2 aliphatic heterocycles. The SMILES string of the molecule is Cc1ccc(N=C2C(=O)N(C[NH+]3C[C@H](C)O[C@@H](C)C3)c3ccccc32)cc1C. The molecule has 1 amide bonds. The maximum Gasteiger partial charge on any atom is 0.281 e. The minimum Gasteiger partial charge on any atom is -0.364 e. The quantitative estimate of drug-likeness (QED) is 0.892. The van der Waals surface area contributed by atoms with Gasteiger partial charge < -0.3 is 9.64 Å². The van der Waals surface area contributed by atoms with Gasteiger partial charge in [-0.3, -0.25) is 9.69 Å². The fourth-order valence-electron chi connectivity index (χ4n) is 4.19. The van der Waals surface area contributed by atoms with Crippen molar-refractivity contribution in [2.75, 3.05) is 24.7 Å². The molecule has 2 heterocycles. The smallest absolute Gasteiger partial charge is 0.281 e. The molecule has 0 aliphatic carbocycles. The third-order valence-corrected chi connectivity index (χ3v) is 5.63. The Hall–Kier alpha value is -2.50. The van der Waals surface area contributed by atoms with Crippen LogP contribution in [0.25, 0.3) is 0 Å². The number of benzene rings is 2. The van der Waals surface area contributed by atoms with Crippen LogP contribution in [0.5, 0.6) is 0 Å². The van der Waals surface area contributed by atoms with E-state index in [1.807, 2.05) is 41.3 Å². The number of fused-ring (bicyclic) bond motifs is 1. The maximum absolute atomic E-state index is 13.3. The van der Waals surface area contributed by atoms with Crippen LogP contribution in [0, 0.1) is 13.8 Å². The van der Waals surface area contributed by atoms with Gasteiger partial charge in [-0.2, -0.15) is 0 Å². The number of morpholine rings is 1. The zero-order valence-corrected chi connectivity index (χ0v) is 17.0. The minimum atomic E-state index is -0.0151. The Labute approximate surface area is 166 Å². The number of rotatable bonds is 3. The van der Waals surface area contributed by atoms with Crippen LogP contribution in [0.15, 0.2) is 47.5 Å². The first kappa shape index (κ1) is 18.8. The molecule has 1 N–H and O–H groups in total. The van der Waals surface area contributed by atoms with E-state index in [4.69, 9.17) is 9.73 Å². The first-order valence-corrected chi connectivity index (χ1v) is 9.98. The van der Waals surface area contributed by atoms with Gasteiger partial charge in [-0.15, -0.1) is 0 Å². The van der Waals surface area contributed by atoms with E-state index in [0.29, 0.717) is 12.4 Å². The third-order valence-electron chi connectivity index (χ3n) is 5.63. The van der Waals surface area contributed by atoms with Crippen LogP contribution in [-0.4, -0.2) is 43.6 Å². The van der Waals surface area contributed by atoms with Crippen molar-refractivity contribution in [1.29, 1.82) is 0 Å². The number of aryl methyl sites for hydroxylation is 2. The predicted molar refractivity (Wildman–Crippen MR) is 112 cm³/mol. The molecule has 5 heteroatoms. The van der Waals surface area contributed by atoms with E-state index in [9.17, 15) is 4.79 Å². The summed E-state index contributed by atoms with van der Waals surface area (Å²) in [6, 6.07) is 14.0. The molecule has 0 saturated carbocycles. The molecule has 0 spiro atoms. The van der Waals surface area contributed by atoms with E-state index in [1.54, 1.807) is 0 Å². The van der Waals surface area contributed by atoms with Crippen molar-refractivity contribution in [3.63, 3.8) is 0 Å². The highest BCUT2D eigenvalue weighted by Crippen LogP contribution is 2.30. The lowest BCUT2D eigenvalue weighted by atomic mass is 10.1. The molecule has 0 aromatic heterocycles. The molecule has 5 nitrogen and oxygen atoms in total. The lowest BCUT2D eigenvalue weighted by Crippen LogP contribution is -3.17. The summed E-state index contributed by atoms with van der Waals surface area (Å²) in [4.78, 5) is 21.3. The van der Waals surface area contributed by atoms with Gasteiger partial charge in [-0.1, -0.05) is 24.3 Å². The summed E-state index contributed by atoms with van der Waals surface area (Å²) in [5.74, 6) is -0.0151. The van der Waals surface area contributed by atoms with Crippen molar-refractivity contribution >= 4 is 23.0 Å². The third kappa shape index (κ3) is 3.60. The van der Waals surface area contributed by atoms with Crippen molar-refractivity contribution < 1.29 is 14.4 Å². The van der Waals surface area contributed by atoms with Crippen LogP contribution in [0.3, 0.4) is 0 Å². The van der Waals surface area contributed by atoms with E-state index < -0.39 is 0 Å². The maximum atomic E-state index is 13.3. The van der Waals surface area contributed by atoms with Gasteiger partial charge in [0, 0.05) is 5.56 Å². The summed E-state index contributed by atoms with van der Waals surface area (Å²) in [5, 5.41) is 0. The van der Waals surface area contributed by atoms with Crippen LogP contribution < -0.4 is 9.80 Å². The second kappa shape index (κ2) is 7.49. The van der Waals surface area contributed by atoms with E-state index >= 15 is 0 Å². The zero-order chi connectivity index (χ0) is 19.8. The molecule has 0 unspecified atom stereocenters. The second-order valence-electron chi connectivity index (χ2n) is 8.05. The van der Waals surface area contributed by atoms with Crippen LogP contribution in [-0.2, 0) is 9.53 Å². The molecule has 2 aliphatic rings. The van der Waals surface area contributed by atoms with Crippen LogP contribution in [0.2, 0.25) is 0 Å². The van der Waals surface area contributed by atoms with Gasteiger partial charge in [0.1, 0.15) is 31.0 Å². The van der Waals surface area contributed by atoms with E-state index in [1.165, 1.54) is 16.0 Å². The van der Waals surface area contributed by atoms with Gasteiger partial charge in [-0.25, -0.2) is 4.99 Å². The number of aliphatic imine (C=N–C) groups is 1. The molecule has 2 aromatic carbocycles. The molecule has 4 rings (SSSR count). The molecule has 0 radical (unpaired) electrons. The first-order valence-electron chi connectivity index (χ1n) is 9.98. The van der Waals surface area contributed by atoms with E-state index in [0.717, 1.165) is 30.0 Å².